The number of benzene rings is 1. The van der Waals surface area contributed by atoms with Gasteiger partial charge in [-0.2, -0.15) is 0 Å². The number of carbonyl (C=O) groups is 1. The highest BCUT2D eigenvalue weighted by molar-refractivity contribution is 9.11. The molecule has 17 heavy (non-hydrogen) atoms. The third-order valence-electron chi connectivity index (χ3n) is 2.50. The summed E-state index contributed by atoms with van der Waals surface area (Å²) in [6.45, 7) is 3.87. The Morgan fingerprint density at radius 1 is 1.24 bits per heavy atom. The third-order valence-corrected chi connectivity index (χ3v) is 5.06. The van der Waals surface area contributed by atoms with E-state index in [0.29, 0.717) is 10.6 Å². The van der Waals surface area contributed by atoms with Crippen molar-refractivity contribution in [2.45, 2.75) is 13.8 Å². The minimum absolute atomic E-state index is 0.0450. The van der Waals surface area contributed by atoms with Gasteiger partial charge in [0.2, 0.25) is 5.78 Å². The fourth-order valence-electron chi connectivity index (χ4n) is 1.50. The second kappa shape index (κ2) is 4.92. The van der Waals surface area contributed by atoms with E-state index >= 15 is 0 Å². The smallest absolute Gasteiger partial charge is 0.203 e. The van der Waals surface area contributed by atoms with Crippen LogP contribution in [0.15, 0.2) is 28.1 Å². The normalized spacial score (nSPS) is 10.6. The number of ketones is 1. The van der Waals surface area contributed by atoms with Crippen molar-refractivity contribution in [1.82, 2.24) is 0 Å². The van der Waals surface area contributed by atoms with Gasteiger partial charge in [-0.15, -0.1) is 11.3 Å². The van der Waals surface area contributed by atoms with E-state index in [4.69, 9.17) is 11.6 Å². The van der Waals surface area contributed by atoms with Gasteiger partial charge in [0.1, 0.15) is 0 Å². The molecule has 4 heteroatoms. The Balaban J connectivity index is 2.40. The van der Waals surface area contributed by atoms with E-state index in [1.807, 2.05) is 26.0 Å². The van der Waals surface area contributed by atoms with E-state index in [2.05, 4.69) is 15.9 Å². The number of hydrogen-bond acceptors (Lipinski definition) is 2. The highest BCUT2D eigenvalue weighted by atomic mass is 79.9. The summed E-state index contributed by atoms with van der Waals surface area (Å²) in [6.07, 6.45) is 0. The fraction of sp³-hybridized carbons (Fsp3) is 0.154. The van der Waals surface area contributed by atoms with Crippen LogP contribution in [-0.4, -0.2) is 5.78 Å². The average Bonchev–Trinajstić information content (AvgIpc) is 2.62. The molecular formula is C13H10BrClOS. The van der Waals surface area contributed by atoms with Gasteiger partial charge < -0.3 is 0 Å². The van der Waals surface area contributed by atoms with Gasteiger partial charge in [-0.1, -0.05) is 11.6 Å². The molecule has 0 bridgehead atoms. The number of hydrogen-bond donors (Lipinski definition) is 0. The molecule has 0 aliphatic heterocycles. The van der Waals surface area contributed by atoms with Gasteiger partial charge in [-0.25, -0.2) is 0 Å². The minimum atomic E-state index is 0.0450. The van der Waals surface area contributed by atoms with Crippen molar-refractivity contribution in [3.63, 3.8) is 0 Å². The van der Waals surface area contributed by atoms with E-state index in [1.54, 1.807) is 12.1 Å². The zero-order chi connectivity index (χ0) is 12.6. The van der Waals surface area contributed by atoms with E-state index in [0.717, 1.165) is 19.8 Å². The Bertz CT molecular complexity index is 570. The fourth-order valence-corrected chi connectivity index (χ4v) is 3.11. The van der Waals surface area contributed by atoms with Crippen LogP contribution in [0.5, 0.6) is 0 Å². The second-order valence-corrected chi connectivity index (χ2v) is 6.64. The summed E-state index contributed by atoms with van der Waals surface area (Å²) in [7, 11) is 0. The van der Waals surface area contributed by atoms with Crippen LogP contribution in [0.1, 0.15) is 26.4 Å². The summed E-state index contributed by atoms with van der Waals surface area (Å²) in [5, 5.41) is 0.685. The number of carbonyl (C=O) groups excluding carboxylic acids is 1. The topological polar surface area (TPSA) is 17.1 Å². The third kappa shape index (κ3) is 2.62. The van der Waals surface area contributed by atoms with Crippen LogP contribution < -0.4 is 0 Å². The zero-order valence-electron chi connectivity index (χ0n) is 9.38. The molecule has 0 saturated heterocycles. The van der Waals surface area contributed by atoms with Gasteiger partial charge >= 0.3 is 0 Å². The maximum atomic E-state index is 12.2. The SMILES string of the molecule is Cc1cc(C(=O)c2cc(C)c(Br)s2)ccc1Cl. The lowest BCUT2D eigenvalue weighted by Crippen LogP contribution is -1.98. The zero-order valence-corrected chi connectivity index (χ0v) is 12.5. The van der Waals surface area contributed by atoms with Crippen LogP contribution in [0.3, 0.4) is 0 Å². The first-order valence-electron chi connectivity index (χ1n) is 5.06. The lowest BCUT2D eigenvalue weighted by Gasteiger charge is -2.01. The number of rotatable bonds is 2. The lowest BCUT2D eigenvalue weighted by atomic mass is 10.1. The maximum Gasteiger partial charge on any atom is 0.203 e. The van der Waals surface area contributed by atoms with Gasteiger partial charge in [-0.05, 0) is 65.2 Å². The standard InChI is InChI=1S/C13H10BrClOS/c1-7-5-9(3-4-10(7)15)12(16)11-6-8(2)13(14)17-11/h3-6H,1-2H3. The van der Waals surface area contributed by atoms with Gasteiger partial charge in [-0.3, -0.25) is 4.79 Å². The van der Waals surface area contributed by atoms with Gasteiger partial charge in [0, 0.05) is 10.6 Å². The van der Waals surface area contributed by atoms with Crippen molar-refractivity contribution in [1.29, 1.82) is 0 Å². The summed E-state index contributed by atoms with van der Waals surface area (Å²) in [6, 6.07) is 7.26. The van der Waals surface area contributed by atoms with Crippen LogP contribution in [-0.2, 0) is 0 Å². The van der Waals surface area contributed by atoms with Gasteiger partial charge in [0.05, 0.1) is 8.66 Å². The summed E-state index contributed by atoms with van der Waals surface area (Å²) < 4.78 is 1.01. The second-order valence-electron chi connectivity index (χ2n) is 3.86. The Morgan fingerprint density at radius 2 is 1.94 bits per heavy atom. The van der Waals surface area contributed by atoms with Crippen LogP contribution in [0.4, 0.5) is 0 Å². The largest absolute Gasteiger partial charge is 0.288 e. The molecule has 0 unspecified atom stereocenters. The van der Waals surface area contributed by atoms with Crippen molar-refractivity contribution in [3.05, 3.63) is 54.6 Å². The summed E-state index contributed by atoms with van der Waals surface area (Å²) in [4.78, 5) is 13.0. The van der Waals surface area contributed by atoms with E-state index in [-0.39, 0.29) is 5.78 Å². The molecule has 1 aromatic carbocycles. The van der Waals surface area contributed by atoms with Crippen molar-refractivity contribution in [2.24, 2.45) is 0 Å². The average molecular weight is 330 g/mol. The number of aryl methyl sites for hydroxylation is 2. The first-order valence-corrected chi connectivity index (χ1v) is 7.04. The number of halogens is 2. The molecule has 0 aliphatic rings. The molecule has 0 fully saturated rings. The Morgan fingerprint density at radius 3 is 2.47 bits per heavy atom. The Hall–Kier alpha value is -0.640. The van der Waals surface area contributed by atoms with Crippen LogP contribution >= 0.6 is 38.9 Å². The minimum Gasteiger partial charge on any atom is -0.288 e. The molecule has 88 valence electrons. The molecule has 0 saturated carbocycles. The molecule has 0 atom stereocenters. The predicted molar refractivity (Wildman–Crippen MR) is 76.4 cm³/mol. The van der Waals surface area contributed by atoms with Crippen LogP contribution in [0, 0.1) is 13.8 Å². The van der Waals surface area contributed by atoms with Gasteiger partial charge in [0.15, 0.2) is 0 Å². The molecule has 2 aromatic rings. The number of thiophene rings is 1. The quantitative estimate of drug-likeness (QED) is 0.708. The molecule has 1 aromatic heterocycles. The van der Waals surface area contributed by atoms with E-state index in [9.17, 15) is 4.79 Å². The molecule has 1 nitrogen and oxygen atoms in total. The van der Waals surface area contributed by atoms with Gasteiger partial charge in [0.25, 0.3) is 0 Å². The molecular weight excluding hydrogens is 320 g/mol. The Kier molecular flexibility index (Phi) is 3.71. The summed E-state index contributed by atoms with van der Waals surface area (Å²) >= 11 is 10.8. The van der Waals surface area contributed by atoms with Crippen molar-refractivity contribution < 1.29 is 4.79 Å². The highest BCUT2D eigenvalue weighted by Gasteiger charge is 2.14. The van der Waals surface area contributed by atoms with E-state index < -0.39 is 0 Å². The van der Waals surface area contributed by atoms with E-state index in [1.165, 1.54) is 11.3 Å². The molecule has 2 rings (SSSR count). The molecule has 0 amide bonds. The molecule has 0 radical (unpaired) electrons. The van der Waals surface area contributed by atoms with Crippen molar-refractivity contribution in [2.75, 3.05) is 0 Å². The summed E-state index contributed by atoms with van der Waals surface area (Å²) in [5.41, 5.74) is 2.69. The van der Waals surface area contributed by atoms with Crippen LogP contribution in [0.2, 0.25) is 5.02 Å². The first kappa shape index (κ1) is 12.8. The van der Waals surface area contributed by atoms with Crippen LogP contribution in [0.25, 0.3) is 0 Å². The predicted octanol–water partition coefficient (Wildman–Crippen LogP) is 5.01. The summed E-state index contributed by atoms with van der Waals surface area (Å²) in [5.74, 6) is 0.0450. The Labute approximate surface area is 118 Å². The monoisotopic (exact) mass is 328 g/mol. The molecule has 0 aliphatic carbocycles. The molecule has 1 heterocycles. The first-order chi connectivity index (χ1) is 7.99. The lowest BCUT2D eigenvalue weighted by molar-refractivity contribution is 0.104. The van der Waals surface area contributed by atoms with Crippen molar-refractivity contribution >= 4 is 44.7 Å². The maximum absolute atomic E-state index is 12.2. The highest BCUT2D eigenvalue weighted by Crippen LogP contribution is 2.29. The molecule has 0 spiro atoms. The van der Waals surface area contributed by atoms with Crippen molar-refractivity contribution in [3.8, 4) is 0 Å². The molecule has 0 N–H and O–H groups in total.